The van der Waals surface area contributed by atoms with E-state index in [0.717, 1.165) is 44.6 Å². The molecule has 6 aromatic heterocycles. The highest BCUT2D eigenvalue weighted by atomic mass is 15.2. The quantitative estimate of drug-likeness (QED) is 0.135. The van der Waals surface area contributed by atoms with Crippen molar-refractivity contribution in [3.05, 3.63) is 352 Å². The molecule has 22 rings (SSSR count). The van der Waals surface area contributed by atoms with Crippen LogP contribution in [0.2, 0.25) is 0 Å². The van der Waals surface area contributed by atoms with Gasteiger partial charge in [-0.25, -0.2) is 9.97 Å². The Morgan fingerprint density at radius 1 is 0.206 bits per heavy atom. The average molecular weight is 1300 g/mol. The Bertz CT molecular complexity index is 6970. The molecule has 8 nitrogen and oxygen atoms in total. The highest BCUT2D eigenvalue weighted by Gasteiger charge is 2.26. The largest absolute Gasteiger partial charge is 0.309 e. The number of hydrogen-bond acceptors (Lipinski definition) is 4. The zero-order chi connectivity index (χ0) is 66.9. The highest BCUT2D eigenvalue weighted by molar-refractivity contribution is 6.29. The van der Waals surface area contributed by atoms with E-state index < -0.39 is 0 Å². The molecule has 0 atom stereocenters. The SMILES string of the molecule is c1ccc(-c2cnc(-n3c4cccc5ccc6c(-c7ccc8c(c7)c7ccccc7n8-c7ccccc7)ccc3c6c54)c3ccccc23)cc1.c1ccc(-c2nc(-c3ccccc3)nc(-n3c4cccc5ccc6c(-c7ccc8c(c7)c7ccccc7n8-c7ccccc7)ccc3c6c54)n2)cc1. The zero-order valence-electron chi connectivity index (χ0n) is 55.1. The van der Waals surface area contributed by atoms with Crippen LogP contribution in [0.1, 0.15) is 0 Å². The van der Waals surface area contributed by atoms with Gasteiger partial charge < -0.3 is 9.13 Å². The van der Waals surface area contributed by atoms with Crippen molar-refractivity contribution < 1.29 is 0 Å². The van der Waals surface area contributed by atoms with Gasteiger partial charge in [-0.2, -0.15) is 9.97 Å². The summed E-state index contributed by atoms with van der Waals surface area (Å²) in [5, 5.41) is 17.2. The lowest BCUT2D eigenvalue weighted by atomic mass is 9.94. The summed E-state index contributed by atoms with van der Waals surface area (Å²) in [6.45, 7) is 0. The molecule has 474 valence electrons. The lowest BCUT2D eigenvalue weighted by molar-refractivity contribution is 0.954. The molecule has 0 amide bonds. The first kappa shape index (κ1) is 57.3. The molecule has 102 heavy (non-hydrogen) atoms. The van der Waals surface area contributed by atoms with Crippen molar-refractivity contribution in [2.24, 2.45) is 0 Å². The van der Waals surface area contributed by atoms with E-state index in [9.17, 15) is 0 Å². The van der Waals surface area contributed by atoms with E-state index in [-0.39, 0.29) is 0 Å². The number of rotatable bonds is 9. The van der Waals surface area contributed by atoms with Gasteiger partial charge in [0.05, 0.1) is 44.1 Å². The van der Waals surface area contributed by atoms with Crippen molar-refractivity contribution in [2.75, 3.05) is 0 Å². The van der Waals surface area contributed by atoms with Gasteiger partial charge in [0.15, 0.2) is 11.6 Å². The predicted molar refractivity (Wildman–Crippen MR) is 423 cm³/mol. The molecular formula is C94H58N8. The summed E-state index contributed by atoms with van der Waals surface area (Å²) < 4.78 is 9.33. The zero-order valence-corrected chi connectivity index (χ0v) is 55.1. The number of hydrogen-bond donors (Lipinski definition) is 0. The minimum Gasteiger partial charge on any atom is -0.309 e. The second-order valence-corrected chi connectivity index (χ2v) is 26.4. The maximum absolute atomic E-state index is 5.22. The summed E-state index contributed by atoms with van der Waals surface area (Å²) in [6, 6.07) is 123. The molecule has 6 heterocycles. The summed E-state index contributed by atoms with van der Waals surface area (Å²) in [6.07, 6.45) is 2.04. The van der Waals surface area contributed by atoms with Crippen LogP contribution in [-0.2, 0) is 0 Å². The molecule has 0 spiro atoms. The van der Waals surface area contributed by atoms with E-state index in [1.54, 1.807) is 0 Å². The Labute approximate surface area is 585 Å². The van der Waals surface area contributed by atoms with Crippen molar-refractivity contribution in [1.82, 2.24) is 38.2 Å². The minimum absolute atomic E-state index is 0.598. The molecule has 16 aromatic carbocycles. The molecule has 0 bridgehead atoms. The van der Waals surface area contributed by atoms with Crippen LogP contribution in [-0.4, -0.2) is 38.2 Å². The van der Waals surface area contributed by atoms with Crippen LogP contribution in [0.15, 0.2) is 352 Å². The van der Waals surface area contributed by atoms with Crippen molar-refractivity contribution >= 4 is 120 Å². The lowest BCUT2D eigenvalue weighted by Gasteiger charge is -2.14. The molecule has 0 aliphatic rings. The summed E-state index contributed by atoms with van der Waals surface area (Å²) in [4.78, 5) is 20.5. The fraction of sp³-hybridized carbons (Fsp3) is 0. The molecule has 22 aromatic rings. The Kier molecular flexibility index (Phi) is 12.9. The summed E-state index contributed by atoms with van der Waals surface area (Å²) >= 11 is 0. The third-order valence-corrected chi connectivity index (χ3v) is 20.9. The van der Waals surface area contributed by atoms with Crippen LogP contribution in [0.5, 0.6) is 0 Å². The van der Waals surface area contributed by atoms with Crippen molar-refractivity contribution in [1.29, 1.82) is 0 Å². The highest BCUT2D eigenvalue weighted by Crippen LogP contribution is 2.47. The van der Waals surface area contributed by atoms with Gasteiger partial charge in [-0.3, -0.25) is 9.13 Å². The fourth-order valence-electron chi connectivity index (χ4n) is 16.4. The monoisotopic (exact) mass is 1300 g/mol. The standard InChI is InChI=1S/C47H29N5.C47H29N3/c1-4-13-31(14-5-1)45-48-46(32-15-6-2-7-16-32)50-47(49-45)52-41-22-12-17-30-23-25-37-35(26-28-42(52)44(37)43(30)41)33-24-27-40-38(29-33)36-20-10-11-21-39(36)51(40)34-18-8-3-9-19-34;1-3-12-30(13-4-1)40-29-48-47(38-19-8-7-17-35(38)40)50-43-21-11-14-31-22-24-37-34(25-27-44(50)46(37)45(31)43)32-23-26-42-39(28-32)36-18-9-10-20-41(36)49(42)33-15-5-2-6-16-33/h1-29H;1-29H. The first-order valence-corrected chi connectivity index (χ1v) is 34.7. The van der Waals surface area contributed by atoms with Gasteiger partial charge in [0.1, 0.15) is 5.82 Å². The molecule has 0 saturated heterocycles. The van der Waals surface area contributed by atoms with Gasteiger partial charge in [-0.15, -0.1) is 0 Å². The molecule has 0 N–H and O–H groups in total. The summed E-state index contributed by atoms with van der Waals surface area (Å²) in [7, 11) is 0. The maximum atomic E-state index is 5.22. The number of nitrogens with zero attached hydrogens (tertiary/aromatic N) is 8. The third-order valence-electron chi connectivity index (χ3n) is 20.9. The second-order valence-electron chi connectivity index (χ2n) is 26.4. The fourth-order valence-corrected chi connectivity index (χ4v) is 16.4. The van der Waals surface area contributed by atoms with Gasteiger partial charge in [0.25, 0.3) is 0 Å². The van der Waals surface area contributed by atoms with E-state index in [2.05, 4.69) is 328 Å². The first-order chi connectivity index (χ1) is 50.6. The van der Waals surface area contributed by atoms with Crippen LogP contribution in [0, 0.1) is 0 Å². The van der Waals surface area contributed by atoms with Crippen LogP contribution < -0.4 is 0 Å². The second kappa shape index (κ2) is 22.9. The first-order valence-electron chi connectivity index (χ1n) is 34.7. The van der Waals surface area contributed by atoms with Gasteiger partial charge >= 0.3 is 0 Å². The Hall–Kier alpha value is -13.8. The van der Waals surface area contributed by atoms with Crippen LogP contribution in [0.3, 0.4) is 0 Å². The third kappa shape index (κ3) is 8.83. The van der Waals surface area contributed by atoms with Crippen LogP contribution in [0.25, 0.3) is 199 Å². The van der Waals surface area contributed by atoms with Crippen molar-refractivity contribution in [3.8, 4) is 79.3 Å². The number of benzene rings is 16. The molecule has 8 heteroatoms. The van der Waals surface area contributed by atoms with Gasteiger partial charge in [-0.1, -0.05) is 261 Å². The smallest absolute Gasteiger partial charge is 0.238 e. The van der Waals surface area contributed by atoms with Gasteiger partial charge in [0.2, 0.25) is 5.95 Å². The van der Waals surface area contributed by atoms with Crippen LogP contribution in [0.4, 0.5) is 0 Å². The molecule has 0 aliphatic heterocycles. The molecule has 0 fully saturated rings. The summed E-state index contributed by atoms with van der Waals surface area (Å²) in [5.74, 6) is 2.83. The molecule has 0 unspecified atom stereocenters. The Morgan fingerprint density at radius 3 is 1.11 bits per heavy atom. The summed E-state index contributed by atoms with van der Waals surface area (Å²) in [5.41, 5.74) is 20.7. The van der Waals surface area contributed by atoms with E-state index in [0.29, 0.717) is 17.6 Å². The van der Waals surface area contributed by atoms with E-state index in [1.165, 1.54) is 137 Å². The van der Waals surface area contributed by atoms with E-state index in [1.807, 2.05) is 42.6 Å². The number of aromatic nitrogens is 8. The van der Waals surface area contributed by atoms with Crippen molar-refractivity contribution in [2.45, 2.75) is 0 Å². The van der Waals surface area contributed by atoms with Crippen molar-refractivity contribution in [3.63, 3.8) is 0 Å². The number of pyridine rings is 1. The Balaban J connectivity index is 0.000000133. The molecule has 0 radical (unpaired) electrons. The topological polar surface area (TPSA) is 71.3 Å². The molecular weight excluding hydrogens is 1240 g/mol. The number of para-hydroxylation sites is 4. The normalized spacial score (nSPS) is 11.9. The molecule has 0 saturated carbocycles. The predicted octanol–water partition coefficient (Wildman–Crippen LogP) is 24.0. The minimum atomic E-state index is 0.598. The molecule has 0 aliphatic carbocycles. The Morgan fingerprint density at radius 2 is 0.598 bits per heavy atom. The number of fused-ring (bicyclic) bond motifs is 7. The van der Waals surface area contributed by atoms with E-state index >= 15 is 0 Å². The average Bonchev–Trinajstić information content (AvgIpc) is 1.58. The maximum Gasteiger partial charge on any atom is 0.238 e. The lowest BCUT2D eigenvalue weighted by Crippen LogP contribution is -2.06. The van der Waals surface area contributed by atoms with Gasteiger partial charge in [-0.05, 0) is 140 Å². The van der Waals surface area contributed by atoms with E-state index in [4.69, 9.17) is 19.9 Å². The van der Waals surface area contributed by atoms with Gasteiger partial charge in [0, 0.05) is 82.7 Å². The van der Waals surface area contributed by atoms with Crippen LogP contribution >= 0.6 is 0 Å².